The molecule has 1 aliphatic heterocycles. The van der Waals surface area contributed by atoms with E-state index in [-0.39, 0.29) is 23.3 Å². The predicted octanol–water partition coefficient (Wildman–Crippen LogP) is 6.24. The first kappa shape index (κ1) is 28.0. The van der Waals surface area contributed by atoms with E-state index in [1.54, 1.807) is 66.6 Å². The van der Waals surface area contributed by atoms with Crippen LogP contribution in [-0.2, 0) is 16.0 Å². The van der Waals surface area contributed by atoms with Crippen molar-refractivity contribution >= 4 is 75.3 Å². The fourth-order valence-corrected chi connectivity index (χ4v) is 5.32. The quantitative estimate of drug-likeness (QED) is 0.297. The molecule has 3 aromatic carbocycles. The predicted molar refractivity (Wildman–Crippen MR) is 155 cm³/mol. The summed E-state index contributed by atoms with van der Waals surface area (Å²) in [6.07, 6.45) is 0.372. The number of methoxy groups -OCH3 is 2. The summed E-state index contributed by atoms with van der Waals surface area (Å²) < 4.78 is 10.4. The molecule has 1 saturated heterocycles. The first-order chi connectivity index (χ1) is 18.2. The molecule has 1 aliphatic rings. The van der Waals surface area contributed by atoms with Crippen LogP contribution in [0, 0.1) is 0 Å². The molecule has 198 valence electrons. The van der Waals surface area contributed by atoms with Gasteiger partial charge in [-0.1, -0.05) is 40.9 Å². The number of nitrogens with zero attached hydrogens (tertiary/aromatic N) is 2. The van der Waals surface area contributed by atoms with Crippen LogP contribution in [0.3, 0.4) is 0 Å². The smallest absolute Gasteiger partial charge is 0.256 e. The maximum absolute atomic E-state index is 13.7. The number of ether oxygens (including phenoxy) is 2. The van der Waals surface area contributed by atoms with Crippen molar-refractivity contribution in [3.05, 3.63) is 81.3 Å². The van der Waals surface area contributed by atoms with E-state index < -0.39 is 6.04 Å². The molecule has 4 rings (SSSR count). The van der Waals surface area contributed by atoms with E-state index >= 15 is 0 Å². The number of rotatable bonds is 9. The van der Waals surface area contributed by atoms with Gasteiger partial charge in [0.25, 0.3) is 5.91 Å². The lowest BCUT2D eigenvalue weighted by molar-refractivity contribution is -0.124. The van der Waals surface area contributed by atoms with Gasteiger partial charge in [0.2, 0.25) is 5.91 Å². The lowest BCUT2D eigenvalue weighted by Gasteiger charge is -2.24. The maximum Gasteiger partial charge on any atom is 0.256 e. The second-order valence-corrected chi connectivity index (χ2v) is 10.1. The zero-order valence-corrected chi connectivity index (χ0v) is 23.6. The summed E-state index contributed by atoms with van der Waals surface area (Å²) in [7, 11) is 3.07. The highest BCUT2D eigenvalue weighted by molar-refractivity contribution is 7.80. The minimum absolute atomic E-state index is 0.111. The van der Waals surface area contributed by atoms with Crippen LogP contribution in [0.15, 0.2) is 60.7 Å². The molecule has 0 aromatic heterocycles. The summed E-state index contributed by atoms with van der Waals surface area (Å²) in [6, 6.07) is 16.3. The van der Waals surface area contributed by atoms with Crippen LogP contribution < -0.4 is 19.7 Å². The summed E-state index contributed by atoms with van der Waals surface area (Å²) >= 11 is 24.5. The van der Waals surface area contributed by atoms with Gasteiger partial charge in [-0.05, 0) is 78.8 Å². The van der Waals surface area contributed by atoms with Crippen LogP contribution in [0.5, 0.6) is 11.5 Å². The van der Waals surface area contributed by atoms with Crippen LogP contribution in [0.2, 0.25) is 15.1 Å². The molecule has 1 heterocycles. The molecule has 1 fully saturated rings. The lowest BCUT2D eigenvalue weighted by atomic mass is 10.1. The van der Waals surface area contributed by atoms with Gasteiger partial charge in [-0.25, -0.2) is 0 Å². The molecule has 38 heavy (non-hydrogen) atoms. The van der Waals surface area contributed by atoms with Crippen molar-refractivity contribution in [3.8, 4) is 11.5 Å². The van der Waals surface area contributed by atoms with Crippen molar-refractivity contribution in [2.24, 2.45) is 0 Å². The molecule has 0 saturated carbocycles. The molecule has 1 N–H and O–H groups in total. The van der Waals surface area contributed by atoms with E-state index in [4.69, 9.17) is 56.5 Å². The summed E-state index contributed by atoms with van der Waals surface area (Å²) in [5, 5.41) is 4.48. The number of thiocarbonyl (C=S) groups is 1. The fourth-order valence-electron chi connectivity index (χ4n) is 4.15. The zero-order chi connectivity index (χ0) is 27.4. The topological polar surface area (TPSA) is 71.1 Å². The van der Waals surface area contributed by atoms with Gasteiger partial charge in [-0.15, -0.1) is 0 Å². The Morgan fingerprint density at radius 2 is 1.71 bits per heavy atom. The van der Waals surface area contributed by atoms with Gasteiger partial charge in [0.1, 0.15) is 17.5 Å². The van der Waals surface area contributed by atoms with Crippen LogP contribution >= 0.6 is 47.0 Å². The third-order valence-electron chi connectivity index (χ3n) is 6.10. The first-order valence-electron chi connectivity index (χ1n) is 11.6. The van der Waals surface area contributed by atoms with Crippen LogP contribution in [-0.4, -0.2) is 48.6 Å². The van der Waals surface area contributed by atoms with Crippen molar-refractivity contribution < 1.29 is 19.1 Å². The molecule has 3 aromatic rings. The number of nitrogens with one attached hydrogen (secondary N) is 1. The average molecular weight is 593 g/mol. The minimum Gasteiger partial charge on any atom is -0.497 e. The van der Waals surface area contributed by atoms with Crippen molar-refractivity contribution in [3.63, 3.8) is 0 Å². The van der Waals surface area contributed by atoms with Gasteiger partial charge < -0.3 is 19.7 Å². The number of amides is 2. The fraction of sp³-hybridized carbons (Fsp3) is 0.222. The molecule has 11 heteroatoms. The Hall–Kier alpha value is -3.04. The zero-order valence-electron chi connectivity index (χ0n) is 20.5. The molecule has 0 spiro atoms. The number of carbonyl (C=O) groups excluding carboxylic acids is 2. The maximum atomic E-state index is 13.7. The third-order valence-corrected chi connectivity index (χ3v) is 7.40. The van der Waals surface area contributed by atoms with Gasteiger partial charge in [0.15, 0.2) is 5.11 Å². The molecule has 0 radical (unpaired) electrons. The van der Waals surface area contributed by atoms with Gasteiger partial charge >= 0.3 is 0 Å². The lowest BCUT2D eigenvalue weighted by Crippen LogP contribution is -2.39. The monoisotopic (exact) mass is 591 g/mol. The second kappa shape index (κ2) is 12.2. The number of halogens is 3. The van der Waals surface area contributed by atoms with Crippen molar-refractivity contribution in [2.75, 3.05) is 31.0 Å². The molecular weight excluding hydrogens is 569 g/mol. The molecule has 1 atom stereocenters. The van der Waals surface area contributed by atoms with E-state index in [9.17, 15) is 9.59 Å². The van der Waals surface area contributed by atoms with Crippen LogP contribution in [0.4, 0.5) is 11.4 Å². The Kier molecular flexibility index (Phi) is 8.99. The van der Waals surface area contributed by atoms with E-state index in [0.29, 0.717) is 50.9 Å². The molecule has 2 amide bonds. The van der Waals surface area contributed by atoms with E-state index in [0.717, 1.165) is 5.56 Å². The van der Waals surface area contributed by atoms with Gasteiger partial charge in [-0.3, -0.25) is 14.5 Å². The molecule has 0 unspecified atom stereocenters. The Labute approximate surface area is 241 Å². The number of hydrogen-bond acceptors (Lipinski definition) is 5. The highest BCUT2D eigenvalue weighted by Crippen LogP contribution is 2.34. The summed E-state index contributed by atoms with van der Waals surface area (Å²) in [6.45, 7) is 0.354. The van der Waals surface area contributed by atoms with Gasteiger partial charge in [0, 0.05) is 22.3 Å². The molecule has 0 aliphatic carbocycles. The Balaban J connectivity index is 1.58. The molecule has 0 bridgehead atoms. The van der Waals surface area contributed by atoms with Crippen molar-refractivity contribution in [1.29, 1.82) is 0 Å². The average Bonchev–Trinajstić information content (AvgIpc) is 3.12. The minimum atomic E-state index is -0.826. The normalized spacial score (nSPS) is 15.1. The SMILES string of the molecule is COc1ccc(NC(=O)C[C@H]2C(=O)N(c3ccc(OC)c(Cl)c3)C(=S)N2CCc2ccc(Cl)cc2Cl)cc1. The number of carbonyl (C=O) groups is 2. The third kappa shape index (κ3) is 6.15. The van der Waals surface area contributed by atoms with E-state index in [1.807, 2.05) is 6.07 Å². The van der Waals surface area contributed by atoms with Crippen molar-refractivity contribution in [2.45, 2.75) is 18.9 Å². The van der Waals surface area contributed by atoms with E-state index in [2.05, 4.69) is 5.32 Å². The van der Waals surface area contributed by atoms with Crippen LogP contribution in [0.25, 0.3) is 0 Å². The number of anilines is 2. The molecule has 7 nitrogen and oxygen atoms in total. The summed E-state index contributed by atoms with van der Waals surface area (Å²) in [5.74, 6) is 0.474. The van der Waals surface area contributed by atoms with Crippen LogP contribution in [0.1, 0.15) is 12.0 Å². The second-order valence-electron chi connectivity index (χ2n) is 8.45. The van der Waals surface area contributed by atoms with E-state index in [1.165, 1.54) is 12.0 Å². The summed E-state index contributed by atoms with van der Waals surface area (Å²) in [5.41, 5.74) is 1.92. The first-order valence-corrected chi connectivity index (χ1v) is 13.1. The number of benzene rings is 3. The largest absolute Gasteiger partial charge is 0.497 e. The number of hydrogen-bond donors (Lipinski definition) is 1. The Morgan fingerprint density at radius 1 is 0.974 bits per heavy atom. The van der Waals surface area contributed by atoms with Crippen molar-refractivity contribution in [1.82, 2.24) is 4.90 Å². The van der Waals surface area contributed by atoms with Gasteiger partial charge in [0.05, 0.1) is 31.4 Å². The molecular formula is C27H24Cl3N3O4S. The summed E-state index contributed by atoms with van der Waals surface area (Å²) in [4.78, 5) is 29.8. The Bertz CT molecular complexity index is 1370. The Morgan fingerprint density at radius 3 is 2.34 bits per heavy atom. The highest BCUT2D eigenvalue weighted by Gasteiger charge is 2.44. The highest BCUT2D eigenvalue weighted by atomic mass is 35.5. The standard InChI is InChI=1S/C27H24Cl3N3O4S/c1-36-20-8-5-18(6-9-20)31-25(34)15-23-26(35)33(19-7-10-24(37-2)22(30)14-19)27(38)32(23)12-11-16-3-4-17(28)13-21(16)29/h3-10,13-14,23H,11-12,15H2,1-2H3,(H,31,34)/t23-/m0/s1. The van der Waals surface area contributed by atoms with Gasteiger partial charge in [-0.2, -0.15) is 0 Å².